The maximum Gasteiger partial charge on any atom is 0.0165 e. The number of hydrogen-bond donors (Lipinski definition) is 0. The summed E-state index contributed by atoms with van der Waals surface area (Å²) in [6.07, 6.45) is 0. The molecule has 6 rings (SSSR count). The number of fused-ring (bicyclic) bond motifs is 6. The van der Waals surface area contributed by atoms with E-state index in [2.05, 4.69) is 112 Å². The van der Waals surface area contributed by atoms with Gasteiger partial charge in [-0.05, 0) is 73.5 Å². The molecule has 0 unspecified atom stereocenters. The second-order valence-corrected chi connectivity index (χ2v) is 9.07. The first-order valence-corrected chi connectivity index (χ1v) is 10.7. The van der Waals surface area contributed by atoms with E-state index in [1.807, 2.05) is 0 Å². The molecule has 1 aliphatic rings. The molecular formula is C30H24. The average molecular weight is 385 g/mol. The standard InChI is InChI=1S/C30H24/c1-19-12-15-23(25-11-7-6-9-22(19)25)21-14-16-26-27-17-13-20-8-4-5-10-24(20)29(27)30(2,3)28(26)18-21/h4-18H,1-3H3. The summed E-state index contributed by atoms with van der Waals surface area (Å²) in [6.45, 7) is 6.95. The molecular weight excluding hydrogens is 360 g/mol. The summed E-state index contributed by atoms with van der Waals surface area (Å²) in [5, 5.41) is 5.36. The summed E-state index contributed by atoms with van der Waals surface area (Å²) in [7, 11) is 0. The SMILES string of the molecule is Cc1ccc(-c2ccc3c(c2)C(C)(C)c2c-3ccc3ccccc23)c2ccccc12. The van der Waals surface area contributed by atoms with E-state index in [0.717, 1.165) is 0 Å². The van der Waals surface area contributed by atoms with E-state index in [4.69, 9.17) is 0 Å². The zero-order chi connectivity index (χ0) is 20.5. The van der Waals surface area contributed by atoms with Gasteiger partial charge in [-0.2, -0.15) is 0 Å². The smallest absolute Gasteiger partial charge is 0.0165 e. The second kappa shape index (κ2) is 6.06. The normalized spacial score (nSPS) is 14.1. The minimum atomic E-state index is -0.0258. The van der Waals surface area contributed by atoms with Gasteiger partial charge in [-0.3, -0.25) is 0 Å². The molecule has 0 atom stereocenters. The summed E-state index contributed by atoms with van der Waals surface area (Å²) in [5.41, 5.74) is 9.56. The Balaban J connectivity index is 1.61. The summed E-state index contributed by atoms with van der Waals surface area (Å²) < 4.78 is 0. The van der Waals surface area contributed by atoms with Crippen molar-refractivity contribution in [3.8, 4) is 22.3 Å². The van der Waals surface area contributed by atoms with Gasteiger partial charge >= 0.3 is 0 Å². The van der Waals surface area contributed by atoms with Crippen LogP contribution in [0.1, 0.15) is 30.5 Å². The molecule has 0 spiro atoms. The van der Waals surface area contributed by atoms with Gasteiger partial charge < -0.3 is 0 Å². The van der Waals surface area contributed by atoms with Crippen LogP contribution in [0.3, 0.4) is 0 Å². The molecule has 0 heterocycles. The predicted octanol–water partition coefficient (Wildman–Crippen LogP) is 8.27. The number of benzene rings is 5. The molecule has 0 fully saturated rings. The van der Waals surface area contributed by atoms with Gasteiger partial charge in [0.2, 0.25) is 0 Å². The van der Waals surface area contributed by atoms with Crippen LogP contribution in [0.5, 0.6) is 0 Å². The molecule has 0 saturated heterocycles. The van der Waals surface area contributed by atoms with E-state index in [-0.39, 0.29) is 5.41 Å². The van der Waals surface area contributed by atoms with Crippen LogP contribution in [0.2, 0.25) is 0 Å². The number of aryl methyl sites for hydroxylation is 1. The molecule has 0 nitrogen and oxygen atoms in total. The maximum absolute atomic E-state index is 2.43. The second-order valence-electron chi connectivity index (χ2n) is 9.07. The van der Waals surface area contributed by atoms with Crippen LogP contribution in [0.25, 0.3) is 43.8 Å². The molecule has 0 saturated carbocycles. The van der Waals surface area contributed by atoms with Crippen LogP contribution in [0.15, 0.2) is 91.0 Å². The van der Waals surface area contributed by atoms with Gasteiger partial charge in [0.1, 0.15) is 0 Å². The Kier molecular flexibility index (Phi) is 3.53. The minimum Gasteiger partial charge on any atom is -0.0616 e. The van der Waals surface area contributed by atoms with Crippen LogP contribution < -0.4 is 0 Å². The molecule has 144 valence electrons. The molecule has 0 aromatic heterocycles. The van der Waals surface area contributed by atoms with Crippen LogP contribution in [-0.2, 0) is 5.41 Å². The fraction of sp³-hybridized carbons (Fsp3) is 0.133. The van der Waals surface area contributed by atoms with Crippen LogP contribution >= 0.6 is 0 Å². The Bertz CT molecular complexity index is 1470. The van der Waals surface area contributed by atoms with Gasteiger partial charge in [0.15, 0.2) is 0 Å². The van der Waals surface area contributed by atoms with E-state index < -0.39 is 0 Å². The topological polar surface area (TPSA) is 0 Å². The molecule has 0 heteroatoms. The third-order valence-electron chi connectivity index (χ3n) is 6.99. The van der Waals surface area contributed by atoms with Gasteiger partial charge in [-0.1, -0.05) is 98.8 Å². The lowest BCUT2D eigenvalue weighted by Crippen LogP contribution is -2.15. The van der Waals surface area contributed by atoms with Gasteiger partial charge in [0, 0.05) is 5.41 Å². The van der Waals surface area contributed by atoms with Crippen molar-refractivity contribution in [3.63, 3.8) is 0 Å². The number of hydrogen-bond acceptors (Lipinski definition) is 0. The fourth-order valence-corrected chi connectivity index (χ4v) is 5.47. The molecule has 0 radical (unpaired) electrons. The Labute approximate surface area is 177 Å². The fourth-order valence-electron chi connectivity index (χ4n) is 5.47. The van der Waals surface area contributed by atoms with Crippen LogP contribution in [0.4, 0.5) is 0 Å². The van der Waals surface area contributed by atoms with Crippen LogP contribution in [0, 0.1) is 6.92 Å². The Morgan fingerprint density at radius 1 is 0.567 bits per heavy atom. The molecule has 0 bridgehead atoms. The third kappa shape index (κ3) is 2.28. The summed E-state index contributed by atoms with van der Waals surface area (Å²) in [5.74, 6) is 0. The average Bonchev–Trinajstić information content (AvgIpc) is 3.01. The predicted molar refractivity (Wildman–Crippen MR) is 129 cm³/mol. The summed E-state index contributed by atoms with van der Waals surface area (Å²) in [4.78, 5) is 0. The number of rotatable bonds is 1. The van der Waals surface area contributed by atoms with Crippen molar-refractivity contribution >= 4 is 21.5 Å². The van der Waals surface area contributed by atoms with Crippen molar-refractivity contribution in [2.75, 3.05) is 0 Å². The highest BCUT2D eigenvalue weighted by Crippen LogP contribution is 2.52. The van der Waals surface area contributed by atoms with Gasteiger partial charge in [0.05, 0.1) is 0 Å². The Hall–Kier alpha value is -3.38. The van der Waals surface area contributed by atoms with E-state index in [9.17, 15) is 0 Å². The van der Waals surface area contributed by atoms with Crippen molar-refractivity contribution in [1.29, 1.82) is 0 Å². The first-order valence-electron chi connectivity index (χ1n) is 10.7. The third-order valence-corrected chi connectivity index (χ3v) is 6.99. The largest absolute Gasteiger partial charge is 0.0616 e. The van der Waals surface area contributed by atoms with Gasteiger partial charge in [0.25, 0.3) is 0 Å². The van der Waals surface area contributed by atoms with Crippen LogP contribution in [-0.4, -0.2) is 0 Å². The molecule has 0 N–H and O–H groups in total. The van der Waals surface area contributed by atoms with Crippen molar-refractivity contribution in [2.24, 2.45) is 0 Å². The summed E-state index contributed by atoms with van der Waals surface area (Å²) in [6, 6.07) is 33.7. The van der Waals surface area contributed by atoms with Gasteiger partial charge in [-0.15, -0.1) is 0 Å². The van der Waals surface area contributed by atoms with Crippen molar-refractivity contribution < 1.29 is 0 Å². The van der Waals surface area contributed by atoms with E-state index >= 15 is 0 Å². The Morgan fingerprint density at radius 2 is 1.23 bits per heavy atom. The monoisotopic (exact) mass is 384 g/mol. The highest BCUT2D eigenvalue weighted by molar-refractivity contribution is 6.01. The highest BCUT2D eigenvalue weighted by atomic mass is 14.4. The zero-order valence-electron chi connectivity index (χ0n) is 17.7. The maximum atomic E-state index is 2.43. The first-order chi connectivity index (χ1) is 14.6. The van der Waals surface area contributed by atoms with Gasteiger partial charge in [-0.25, -0.2) is 0 Å². The lowest BCUT2D eigenvalue weighted by molar-refractivity contribution is 0.666. The molecule has 0 amide bonds. The van der Waals surface area contributed by atoms with E-state index in [1.54, 1.807) is 0 Å². The summed E-state index contributed by atoms with van der Waals surface area (Å²) >= 11 is 0. The van der Waals surface area contributed by atoms with E-state index in [0.29, 0.717) is 0 Å². The van der Waals surface area contributed by atoms with Crippen molar-refractivity contribution in [2.45, 2.75) is 26.2 Å². The zero-order valence-corrected chi connectivity index (χ0v) is 17.7. The van der Waals surface area contributed by atoms with Crippen molar-refractivity contribution in [1.82, 2.24) is 0 Å². The molecule has 30 heavy (non-hydrogen) atoms. The molecule has 0 aliphatic heterocycles. The van der Waals surface area contributed by atoms with E-state index in [1.165, 1.54) is 60.5 Å². The first kappa shape index (κ1) is 17.5. The molecule has 5 aromatic rings. The quantitative estimate of drug-likeness (QED) is 0.273. The van der Waals surface area contributed by atoms with Crippen molar-refractivity contribution in [3.05, 3.63) is 108 Å². The molecule has 1 aliphatic carbocycles. The lowest BCUT2D eigenvalue weighted by Gasteiger charge is -2.24. The Morgan fingerprint density at radius 3 is 2.07 bits per heavy atom. The lowest BCUT2D eigenvalue weighted by atomic mass is 9.79. The highest BCUT2D eigenvalue weighted by Gasteiger charge is 2.37. The minimum absolute atomic E-state index is 0.0258. The molecule has 5 aromatic carbocycles.